The molecule has 0 N–H and O–H groups in total. The van der Waals surface area contributed by atoms with Crippen LogP contribution in [0, 0.1) is 17.6 Å². The Kier molecular flexibility index (Phi) is 6.98. The molecule has 4 aliphatic rings. The zero-order chi connectivity index (χ0) is 24.4. The number of hydrogen-bond donors (Lipinski definition) is 0. The Morgan fingerprint density at radius 3 is 2.37 bits per heavy atom. The molecule has 4 saturated heterocycles. The van der Waals surface area contributed by atoms with Crippen molar-refractivity contribution in [3.8, 4) is 0 Å². The SMILES string of the molecule is O=C(C[N+]12CCC(CC1)[C@@H](OC(=O)[C@H](c1ccccc1)N1CCCCC1)C2)c1ccc(F)c(F)c1. The van der Waals surface area contributed by atoms with Gasteiger partial charge in [-0.15, -0.1) is 0 Å². The number of piperidine rings is 4. The molecule has 5 nitrogen and oxygen atoms in total. The summed E-state index contributed by atoms with van der Waals surface area (Å²) in [5, 5.41) is 0. The zero-order valence-electron chi connectivity index (χ0n) is 20.0. The Hall–Kier alpha value is -2.64. The van der Waals surface area contributed by atoms with Gasteiger partial charge in [0.2, 0.25) is 5.78 Å². The molecule has 0 saturated carbocycles. The van der Waals surface area contributed by atoms with E-state index in [0.29, 0.717) is 16.9 Å². The van der Waals surface area contributed by atoms with Crippen LogP contribution in [0.25, 0.3) is 0 Å². The Morgan fingerprint density at radius 2 is 1.69 bits per heavy atom. The van der Waals surface area contributed by atoms with Gasteiger partial charge >= 0.3 is 5.97 Å². The highest BCUT2D eigenvalue weighted by atomic mass is 19.2. The maximum atomic E-state index is 13.7. The van der Waals surface area contributed by atoms with Crippen LogP contribution < -0.4 is 0 Å². The van der Waals surface area contributed by atoms with E-state index in [0.717, 1.165) is 69.6 Å². The van der Waals surface area contributed by atoms with Crippen molar-refractivity contribution >= 4 is 11.8 Å². The van der Waals surface area contributed by atoms with Crippen LogP contribution >= 0.6 is 0 Å². The summed E-state index contributed by atoms with van der Waals surface area (Å²) in [6.45, 7) is 4.23. The molecule has 7 heteroatoms. The number of halogens is 2. The van der Waals surface area contributed by atoms with E-state index in [1.165, 1.54) is 12.5 Å². The molecule has 2 atom stereocenters. The van der Waals surface area contributed by atoms with Gasteiger partial charge in [0.15, 0.2) is 17.7 Å². The molecular formula is C28H33F2N2O3+. The van der Waals surface area contributed by atoms with Crippen molar-refractivity contribution in [3.05, 3.63) is 71.3 Å². The van der Waals surface area contributed by atoms with Gasteiger partial charge in [0.1, 0.15) is 19.1 Å². The van der Waals surface area contributed by atoms with Crippen LogP contribution in [-0.4, -0.2) is 66.5 Å². The lowest BCUT2D eigenvalue weighted by Gasteiger charge is -2.51. The summed E-state index contributed by atoms with van der Waals surface area (Å²) >= 11 is 0. The Bertz CT molecular complexity index is 1060. The largest absolute Gasteiger partial charge is 0.455 e. The Labute approximate surface area is 205 Å². The first-order valence-electron chi connectivity index (χ1n) is 12.8. The second-order valence-electron chi connectivity index (χ2n) is 10.4. The number of benzene rings is 2. The number of fused-ring (bicyclic) bond motifs is 3. The minimum Gasteiger partial charge on any atom is -0.455 e. The van der Waals surface area contributed by atoms with Crippen LogP contribution in [0.3, 0.4) is 0 Å². The highest BCUT2D eigenvalue weighted by molar-refractivity contribution is 5.97. The summed E-state index contributed by atoms with van der Waals surface area (Å²) in [4.78, 5) is 28.8. The standard InChI is InChI=1S/C28H33F2N2O3/c29-23-10-9-22(17-24(23)30)25(33)18-32-15-11-20(12-16-32)26(19-32)35-28(34)27(21-7-3-1-4-8-21)31-13-5-2-6-14-31/h1,3-4,7-10,17,20,26-27H,2,5-6,11-16,18-19H2/q+1/t20?,26-,27-,32?/m0/s1. The molecule has 4 aliphatic heterocycles. The second-order valence-corrected chi connectivity index (χ2v) is 10.4. The number of ketones is 1. The van der Waals surface area contributed by atoms with Crippen molar-refractivity contribution in [3.63, 3.8) is 0 Å². The number of rotatable bonds is 7. The number of ether oxygens (including phenoxy) is 1. The maximum Gasteiger partial charge on any atom is 0.328 e. The first kappa shape index (κ1) is 24.1. The molecule has 0 aromatic heterocycles. The minimum atomic E-state index is -1.01. The first-order valence-corrected chi connectivity index (χ1v) is 12.8. The predicted molar refractivity (Wildman–Crippen MR) is 128 cm³/mol. The molecule has 4 heterocycles. The quantitative estimate of drug-likeness (QED) is 0.330. The molecule has 2 bridgehead atoms. The molecule has 0 unspecified atom stereocenters. The summed E-state index contributed by atoms with van der Waals surface area (Å²) in [6, 6.07) is 12.8. The lowest BCUT2D eigenvalue weighted by atomic mass is 9.82. The minimum absolute atomic E-state index is 0.187. The van der Waals surface area contributed by atoms with Crippen LogP contribution in [-0.2, 0) is 9.53 Å². The summed E-state index contributed by atoms with van der Waals surface area (Å²) in [6.07, 6.45) is 4.89. The monoisotopic (exact) mass is 483 g/mol. The summed E-state index contributed by atoms with van der Waals surface area (Å²) in [7, 11) is 0. The molecular weight excluding hydrogens is 450 g/mol. The number of carbonyl (C=O) groups is 2. The van der Waals surface area contributed by atoms with E-state index in [4.69, 9.17) is 4.74 Å². The number of Topliss-reactive ketones (excluding diaryl/α,β-unsaturated/α-hetero) is 1. The third kappa shape index (κ3) is 5.16. The molecule has 2 aromatic rings. The predicted octanol–water partition coefficient (Wildman–Crippen LogP) is 4.53. The second kappa shape index (κ2) is 10.2. The fourth-order valence-electron chi connectivity index (χ4n) is 6.16. The van der Waals surface area contributed by atoms with Crippen molar-refractivity contribution in [2.45, 2.75) is 44.2 Å². The van der Waals surface area contributed by atoms with E-state index >= 15 is 0 Å². The van der Waals surface area contributed by atoms with Crippen molar-refractivity contribution in [1.29, 1.82) is 0 Å². The van der Waals surface area contributed by atoms with Crippen molar-refractivity contribution in [2.24, 2.45) is 5.92 Å². The van der Waals surface area contributed by atoms with Gasteiger partial charge in [0.25, 0.3) is 0 Å². The fourth-order valence-corrected chi connectivity index (χ4v) is 6.16. The van der Waals surface area contributed by atoms with E-state index in [2.05, 4.69) is 4.90 Å². The first-order chi connectivity index (χ1) is 16.9. The molecule has 0 radical (unpaired) electrons. The average Bonchev–Trinajstić information content (AvgIpc) is 2.87. The van der Waals surface area contributed by atoms with Gasteiger partial charge in [-0.25, -0.2) is 13.6 Å². The van der Waals surface area contributed by atoms with Gasteiger partial charge in [-0.05, 0) is 49.7 Å². The molecule has 6 rings (SSSR count). The summed E-state index contributed by atoms with van der Waals surface area (Å²) < 4.78 is 33.8. The van der Waals surface area contributed by atoms with Crippen LogP contribution in [0.4, 0.5) is 8.78 Å². The van der Waals surface area contributed by atoms with E-state index in [-0.39, 0.29) is 30.0 Å². The van der Waals surface area contributed by atoms with E-state index in [9.17, 15) is 18.4 Å². The molecule has 186 valence electrons. The van der Waals surface area contributed by atoms with Crippen molar-refractivity contribution in [1.82, 2.24) is 4.90 Å². The molecule has 0 spiro atoms. The van der Waals surface area contributed by atoms with E-state index in [1.807, 2.05) is 30.3 Å². The third-order valence-corrected chi connectivity index (χ3v) is 8.12. The fraction of sp³-hybridized carbons (Fsp3) is 0.500. The Morgan fingerprint density at radius 1 is 0.971 bits per heavy atom. The highest BCUT2D eigenvalue weighted by Crippen LogP contribution is 2.37. The van der Waals surface area contributed by atoms with Crippen molar-refractivity contribution in [2.75, 3.05) is 39.3 Å². The van der Waals surface area contributed by atoms with Crippen LogP contribution in [0.2, 0.25) is 0 Å². The van der Waals surface area contributed by atoms with Crippen LogP contribution in [0.1, 0.15) is 54.1 Å². The number of likely N-dealkylation sites (tertiary alicyclic amines) is 1. The zero-order valence-corrected chi connectivity index (χ0v) is 20.0. The lowest BCUT2D eigenvalue weighted by molar-refractivity contribution is -0.938. The van der Waals surface area contributed by atoms with E-state index < -0.39 is 17.7 Å². The van der Waals surface area contributed by atoms with E-state index in [1.54, 1.807) is 0 Å². The molecule has 0 aliphatic carbocycles. The molecule has 0 amide bonds. The number of esters is 1. The number of quaternary nitrogens is 1. The van der Waals surface area contributed by atoms with Gasteiger partial charge < -0.3 is 9.22 Å². The number of hydrogen-bond acceptors (Lipinski definition) is 4. The molecule has 35 heavy (non-hydrogen) atoms. The van der Waals surface area contributed by atoms with Gasteiger partial charge in [-0.2, -0.15) is 0 Å². The number of carbonyl (C=O) groups excluding carboxylic acids is 2. The van der Waals surface area contributed by atoms with Gasteiger partial charge in [-0.3, -0.25) is 9.69 Å². The summed E-state index contributed by atoms with van der Waals surface area (Å²) in [5.74, 6) is -2.08. The molecule has 4 fully saturated rings. The normalized spacial score (nSPS) is 27.4. The van der Waals surface area contributed by atoms with Gasteiger partial charge in [-0.1, -0.05) is 36.8 Å². The smallest absolute Gasteiger partial charge is 0.328 e. The molecule has 2 aromatic carbocycles. The lowest BCUT2D eigenvalue weighted by Crippen LogP contribution is -2.66. The topological polar surface area (TPSA) is 46.6 Å². The van der Waals surface area contributed by atoms with Gasteiger partial charge in [0, 0.05) is 24.3 Å². The third-order valence-electron chi connectivity index (χ3n) is 8.12. The maximum absolute atomic E-state index is 13.7. The van der Waals surface area contributed by atoms with Crippen molar-refractivity contribution < 1.29 is 27.6 Å². The van der Waals surface area contributed by atoms with Gasteiger partial charge in [0.05, 0.1) is 13.1 Å². The Balaban J connectivity index is 1.30. The number of nitrogens with zero attached hydrogens (tertiary/aromatic N) is 2. The van der Waals surface area contributed by atoms with Crippen LogP contribution in [0.5, 0.6) is 0 Å². The van der Waals surface area contributed by atoms with Crippen LogP contribution in [0.15, 0.2) is 48.5 Å². The average molecular weight is 484 g/mol. The highest BCUT2D eigenvalue weighted by Gasteiger charge is 2.49. The summed E-state index contributed by atoms with van der Waals surface area (Å²) in [5.41, 5.74) is 1.14.